The van der Waals surface area contributed by atoms with Crippen molar-refractivity contribution in [3.8, 4) is 0 Å². The van der Waals surface area contributed by atoms with Crippen molar-refractivity contribution in [2.24, 2.45) is 0 Å². The van der Waals surface area contributed by atoms with Gasteiger partial charge in [-0.05, 0) is 25.7 Å². The summed E-state index contributed by atoms with van der Waals surface area (Å²) in [5, 5.41) is 22.4. The van der Waals surface area contributed by atoms with Gasteiger partial charge in [-0.2, -0.15) is 0 Å². The number of aliphatic hydroxyl groups is 2. The van der Waals surface area contributed by atoms with Gasteiger partial charge < -0.3 is 15.5 Å². The van der Waals surface area contributed by atoms with E-state index >= 15 is 0 Å². The third kappa shape index (κ3) is 2.03. The summed E-state index contributed by atoms with van der Waals surface area (Å²) in [7, 11) is 0. The predicted molar refractivity (Wildman–Crippen MR) is 50.5 cm³/mol. The van der Waals surface area contributed by atoms with E-state index in [-0.39, 0.29) is 12.1 Å². The lowest BCUT2D eigenvalue weighted by molar-refractivity contribution is 0.0407. The molecular formula is C10H19NO2. The summed E-state index contributed by atoms with van der Waals surface area (Å²) >= 11 is 0. The summed E-state index contributed by atoms with van der Waals surface area (Å²) in [5.41, 5.74) is -0.511. The van der Waals surface area contributed by atoms with Crippen LogP contribution in [0.4, 0.5) is 0 Å². The lowest BCUT2D eigenvalue weighted by atomic mass is 10.0. The van der Waals surface area contributed by atoms with Gasteiger partial charge in [0.05, 0.1) is 12.2 Å². The summed E-state index contributed by atoms with van der Waals surface area (Å²) in [4.78, 5) is 0. The zero-order valence-corrected chi connectivity index (χ0v) is 8.05. The summed E-state index contributed by atoms with van der Waals surface area (Å²) in [5.74, 6) is 0. The maximum atomic E-state index is 10.0. The summed E-state index contributed by atoms with van der Waals surface area (Å²) in [6.07, 6.45) is 6.23. The van der Waals surface area contributed by atoms with Crippen molar-refractivity contribution in [3.63, 3.8) is 0 Å². The second-order valence-corrected chi connectivity index (χ2v) is 4.72. The van der Waals surface area contributed by atoms with Crippen molar-refractivity contribution in [2.75, 3.05) is 13.2 Å². The van der Waals surface area contributed by atoms with Crippen molar-refractivity contribution >= 4 is 0 Å². The Kier molecular flexibility index (Phi) is 2.34. The third-order valence-corrected chi connectivity index (χ3v) is 3.48. The Hall–Kier alpha value is -0.120. The molecule has 2 saturated carbocycles. The van der Waals surface area contributed by atoms with Crippen LogP contribution in [-0.2, 0) is 0 Å². The molecule has 0 bridgehead atoms. The van der Waals surface area contributed by atoms with Gasteiger partial charge in [-0.1, -0.05) is 12.8 Å². The summed E-state index contributed by atoms with van der Waals surface area (Å²) < 4.78 is 0. The van der Waals surface area contributed by atoms with Crippen molar-refractivity contribution in [1.29, 1.82) is 0 Å². The van der Waals surface area contributed by atoms with Crippen molar-refractivity contribution < 1.29 is 10.2 Å². The number of hydrogen-bond donors (Lipinski definition) is 3. The highest BCUT2D eigenvalue weighted by atomic mass is 16.3. The van der Waals surface area contributed by atoms with E-state index in [1.54, 1.807) is 0 Å². The predicted octanol–water partition coefficient (Wildman–Crippen LogP) is 0.406. The quantitative estimate of drug-likeness (QED) is 0.594. The minimum absolute atomic E-state index is 0.0294. The van der Waals surface area contributed by atoms with Gasteiger partial charge in [0.25, 0.3) is 0 Å². The van der Waals surface area contributed by atoms with Gasteiger partial charge in [-0.3, -0.25) is 0 Å². The largest absolute Gasteiger partial charge is 0.394 e. The first-order valence-electron chi connectivity index (χ1n) is 5.26. The Balaban J connectivity index is 1.78. The molecule has 3 heteroatoms. The molecule has 3 nitrogen and oxygen atoms in total. The first-order valence-corrected chi connectivity index (χ1v) is 5.26. The first kappa shape index (κ1) is 9.44. The average Bonchev–Trinajstić information content (AvgIpc) is 2.81. The molecular weight excluding hydrogens is 166 g/mol. The molecule has 0 radical (unpaired) electrons. The van der Waals surface area contributed by atoms with Crippen LogP contribution in [-0.4, -0.2) is 34.5 Å². The van der Waals surface area contributed by atoms with E-state index < -0.39 is 5.60 Å². The number of β-amino-alcohol motifs (C(OH)–C–C–N with tert-alkyl or cyclic N) is 1. The molecule has 0 saturated heterocycles. The van der Waals surface area contributed by atoms with E-state index in [4.69, 9.17) is 5.11 Å². The highest BCUT2D eigenvalue weighted by Crippen LogP contribution is 2.36. The molecule has 76 valence electrons. The van der Waals surface area contributed by atoms with E-state index in [2.05, 4.69) is 5.32 Å². The molecule has 0 aliphatic heterocycles. The summed E-state index contributed by atoms with van der Waals surface area (Å²) in [6, 6.07) is 0. The zero-order chi connectivity index (χ0) is 9.36. The van der Waals surface area contributed by atoms with Crippen LogP contribution in [0.15, 0.2) is 0 Å². The fourth-order valence-corrected chi connectivity index (χ4v) is 2.10. The SMILES string of the molecule is OCC1(NCC2(O)CCCC2)CC1. The second-order valence-electron chi connectivity index (χ2n) is 4.72. The highest BCUT2D eigenvalue weighted by molar-refractivity contribution is 5.03. The number of rotatable bonds is 4. The third-order valence-electron chi connectivity index (χ3n) is 3.48. The van der Waals surface area contributed by atoms with Crippen LogP contribution in [0.5, 0.6) is 0 Å². The molecule has 0 amide bonds. The van der Waals surface area contributed by atoms with Crippen LogP contribution in [0.3, 0.4) is 0 Å². The fourth-order valence-electron chi connectivity index (χ4n) is 2.10. The Morgan fingerprint density at radius 2 is 1.69 bits per heavy atom. The molecule has 0 unspecified atom stereocenters. The van der Waals surface area contributed by atoms with Crippen LogP contribution in [0, 0.1) is 0 Å². The van der Waals surface area contributed by atoms with Gasteiger partial charge in [0.15, 0.2) is 0 Å². The standard InChI is InChI=1S/C10H19NO2/c12-8-9(5-6-9)11-7-10(13)3-1-2-4-10/h11-13H,1-8H2. The molecule has 13 heavy (non-hydrogen) atoms. The van der Waals surface area contributed by atoms with E-state index in [9.17, 15) is 5.11 Å². The number of nitrogens with one attached hydrogen (secondary N) is 1. The minimum atomic E-state index is -0.481. The van der Waals surface area contributed by atoms with Gasteiger partial charge in [0, 0.05) is 12.1 Å². The van der Waals surface area contributed by atoms with Gasteiger partial charge >= 0.3 is 0 Å². The molecule has 0 aromatic carbocycles. The smallest absolute Gasteiger partial charge is 0.0771 e. The maximum Gasteiger partial charge on any atom is 0.0771 e. The van der Waals surface area contributed by atoms with Crippen molar-refractivity contribution in [2.45, 2.75) is 49.7 Å². The molecule has 0 atom stereocenters. The zero-order valence-electron chi connectivity index (χ0n) is 8.05. The van der Waals surface area contributed by atoms with Crippen LogP contribution >= 0.6 is 0 Å². The van der Waals surface area contributed by atoms with Crippen LogP contribution in [0.1, 0.15) is 38.5 Å². The normalized spacial score (nSPS) is 29.1. The van der Waals surface area contributed by atoms with Crippen molar-refractivity contribution in [1.82, 2.24) is 5.32 Å². The lowest BCUT2D eigenvalue weighted by Gasteiger charge is -2.25. The topological polar surface area (TPSA) is 52.5 Å². The first-order chi connectivity index (χ1) is 6.18. The van der Waals surface area contributed by atoms with Crippen molar-refractivity contribution in [3.05, 3.63) is 0 Å². The Labute approximate surface area is 79.2 Å². The maximum absolute atomic E-state index is 10.0. The molecule has 3 N–H and O–H groups in total. The Bertz CT molecular complexity index is 183. The minimum Gasteiger partial charge on any atom is -0.394 e. The van der Waals surface area contributed by atoms with E-state index in [1.165, 1.54) is 0 Å². The van der Waals surface area contributed by atoms with E-state index in [1.807, 2.05) is 0 Å². The van der Waals surface area contributed by atoms with E-state index in [0.29, 0.717) is 6.54 Å². The molecule has 2 aliphatic carbocycles. The van der Waals surface area contributed by atoms with E-state index in [0.717, 1.165) is 38.5 Å². The van der Waals surface area contributed by atoms with Gasteiger partial charge in [0.2, 0.25) is 0 Å². The molecule has 0 aromatic rings. The van der Waals surface area contributed by atoms with Crippen LogP contribution in [0.2, 0.25) is 0 Å². The molecule has 0 spiro atoms. The number of aliphatic hydroxyl groups excluding tert-OH is 1. The average molecular weight is 185 g/mol. The lowest BCUT2D eigenvalue weighted by Crippen LogP contribution is -2.45. The van der Waals surface area contributed by atoms with Gasteiger partial charge in [0.1, 0.15) is 0 Å². The van der Waals surface area contributed by atoms with Gasteiger partial charge in [-0.15, -0.1) is 0 Å². The number of hydrogen-bond acceptors (Lipinski definition) is 3. The van der Waals surface area contributed by atoms with Crippen LogP contribution in [0.25, 0.3) is 0 Å². The monoisotopic (exact) mass is 185 g/mol. The van der Waals surface area contributed by atoms with Crippen LogP contribution < -0.4 is 5.32 Å². The Morgan fingerprint density at radius 3 is 2.15 bits per heavy atom. The van der Waals surface area contributed by atoms with Gasteiger partial charge in [-0.25, -0.2) is 0 Å². The molecule has 0 aromatic heterocycles. The molecule has 2 fully saturated rings. The summed E-state index contributed by atoms with van der Waals surface area (Å²) in [6.45, 7) is 0.872. The highest BCUT2D eigenvalue weighted by Gasteiger charge is 2.43. The second kappa shape index (κ2) is 3.23. The molecule has 2 rings (SSSR count). The Morgan fingerprint density at radius 1 is 1.08 bits per heavy atom. The molecule has 2 aliphatic rings. The molecule has 0 heterocycles. The fraction of sp³-hybridized carbons (Fsp3) is 1.00.